The molecule has 5 heteroatoms. The van der Waals surface area contributed by atoms with Crippen molar-refractivity contribution in [3.63, 3.8) is 0 Å². The Hall–Kier alpha value is -1.62. The quantitative estimate of drug-likeness (QED) is 0.649. The van der Waals surface area contributed by atoms with Gasteiger partial charge in [0, 0.05) is 18.3 Å². The van der Waals surface area contributed by atoms with Crippen LogP contribution in [0.15, 0.2) is 24.3 Å². The van der Waals surface area contributed by atoms with Gasteiger partial charge in [0.05, 0.1) is 6.10 Å². The Morgan fingerprint density at radius 3 is 2.39 bits per heavy atom. The van der Waals surface area contributed by atoms with Gasteiger partial charge in [0.1, 0.15) is 11.5 Å². The molecule has 0 aliphatic carbocycles. The highest BCUT2D eigenvalue weighted by molar-refractivity contribution is 7.80. The summed E-state index contributed by atoms with van der Waals surface area (Å²) in [7, 11) is 1.83. The third-order valence-electron chi connectivity index (χ3n) is 2.33. The average Bonchev–Trinajstić information content (AvgIpc) is 2.27. The zero-order valence-corrected chi connectivity index (χ0v) is 11.7. The second-order valence-electron chi connectivity index (χ2n) is 4.31. The summed E-state index contributed by atoms with van der Waals surface area (Å²) < 4.78 is 5.08. The van der Waals surface area contributed by atoms with Crippen LogP contribution in [0.1, 0.15) is 19.4 Å². The number of carbonyl (C=O) groups is 1. The Labute approximate surface area is 113 Å². The van der Waals surface area contributed by atoms with Gasteiger partial charge in [0.2, 0.25) is 0 Å². The summed E-state index contributed by atoms with van der Waals surface area (Å²) in [6.45, 7) is 3.87. The van der Waals surface area contributed by atoms with Crippen LogP contribution in [-0.4, -0.2) is 30.7 Å². The molecule has 2 N–H and O–H groups in total. The van der Waals surface area contributed by atoms with Crippen molar-refractivity contribution >= 4 is 28.9 Å². The van der Waals surface area contributed by atoms with E-state index in [1.54, 1.807) is 0 Å². The molecule has 0 heterocycles. The van der Waals surface area contributed by atoms with E-state index in [0.717, 1.165) is 11.3 Å². The van der Waals surface area contributed by atoms with Gasteiger partial charge in [-0.3, -0.25) is 4.79 Å². The van der Waals surface area contributed by atoms with Gasteiger partial charge in [-0.15, -0.1) is 0 Å². The molecule has 0 radical (unpaired) electrons. The molecule has 0 saturated heterocycles. The summed E-state index contributed by atoms with van der Waals surface area (Å²) in [5.41, 5.74) is 7.24. The average molecular weight is 266 g/mol. The minimum atomic E-state index is -0.245. The maximum absolute atomic E-state index is 11.5. The molecule has 1 aromatic rings. The molecule has 0 fully saturated rings. The zero-order valence-electron chi connectivity index (χ0n) is 10.8. The topological polar surface area (TPSA) is 55.6 Å². The van der Waals surface area contributed by atoms with Crippen molar-refractivity contribution in [3.05, 3.63) is 29.8 Å². The number of nitrogens with zero attached hydrogens (tertiary/aromatic N) is 1. The van der Waals surface area contributed by atoms with Crippen molar-refractivity contribution in [1.29, 1.82) is 0 Å². The molecule has 0 atom stereocenters. The van der Waals surface area contributed by atoms with Crippen LogP contribution in [0.5, 0.6) is 0 Å². The second-order valence-corrected chi connectivity index (χ2v) is 4.75. The number of ether oxygens (including phenoxy) is 1. The fraction of sp³-hybridized carbons (Fsp3) is 0.385. The monoisotopic (exact) mass is 266 g/mol. The number of hydrogen-bond donors (Lipinski definition) is 1. The maximum Gasteiger partial charge on any atom is 0.325 e. The van der Waals surface area contributed by atoms with Crippen LogP contribution < -0.4 is 10.6 Å². The number of likely N-dealkylation sites (N-methyl/N-ethyl adjacent to an activating group) is 1. The van der Waals surface area contributed by atoms with Crippen molar-refractivity contribution in [2.75, 3.05) is 18.5 Å². The van der Waals surface area contributed by atoms with Gasteiger partial charge in [-0.2, -0.15) is 0 Å². The van der Waals surface area contributed by atoms with Crippen LogP contribution in [0.25, 0.3) is 0 Å². The minimum absolute atomic E-state index is 0.0945. The Kier molecular flexibility index (Phi) is 5.09. The molecule has 1 aromatic carbocycles. The van der Waals surface area contributed by atoms with E-state index in [1.165, 1.54) is 0 Å². The molecule has 0 saturated carbocycles. The number of esters is 1. The standard InChI is InChI=1S/C13H18N2O2S/c1-9(2)17-12(16)8-15(3)11-6-4-10(5-7-11)13(14)18/h4-7,9H,8H2,1-3H3,(H2,14,18). The Morgan fingerprint density at radius 1 is 1.39 bits per heavy atom. The first-order chi connectivity index (χ1) is 8.40. The normalized spacial score (nSPS) is 10.2. The number of benzene rings is 1. The smallest absolute Gasteiger partial charge is 0.325 e. The van der Waals surface area contributed by atoms with Crippen molar-refractivity contribution in [2.24, 2.45) is 5.73 Å². The molecule has 98 valence electrons. The largest absolute Gasteiger partial charge is 0.462 e. The van der Waals surface area contributed by atoms with Crippen LogP contribution in [0.3, 0.4) is 0 Å². The molecule has 18 heavy (non-hydrogen) atoms. The predicted octanol–water partition coefficient (Wildman–Crippen LogP) is 1.71. The first kappa shape index (κ1) is 14.4. The third-order valence-corrected chi connectivity index (χ3v) is 2.56. The van der Waals surface area contributed by atoms with E-state index in [4.69, 9.17) is 22.7 Å². The number of nitrogens with two attached hydrogens (primary N) is 1. The number of hydrogen-bond acceptors (Lipinski definition) is 4. The lowest BCUT2D eigenvalue weighted by Gasteiger charge is -2.19. The van der Waals surface area contributed by atoms with E-state index in [-0.39, 0.29) is 18.6 Å². The Morgan fingerprint density at radius 2 is 1.94 bits per heavy atom. The molecular weight excluding hydrogens is 248 g/mol. The molecule has 0 spiro atoms. The van der Waals surface area contributed by atoms with Gasteiger partial charge in [0.15, 0.2) is 0 Å². The SMILES string of the molecule is CC(C)OC(=O)CN(C)c1ccc(C(N)=S)cc1. The van der Waals surface area contributed by atoms with E-state index in [9.17, 15) is 4.79 Å². The highest BCUT2D eigenvalue weighted by Gasteiger charge is 2.10. The molecule has 0 unspecified atom stereocenters. The van der Waals surface area contributed by atoms with E-state index < -0.39 is 0 Å². The fourth-order valence-electron chi connectivity index (χ4n) is 1.47. The summed E-state index contributed by atoms with van der Waals surface area (Å²) in [5.74, 6) is -0.245. The predicted molar refractivity (Wildman–Crippen MR) is 76.8 cm³/mol. The summed E-state index contributed by atoms with van der Waals surface area (Å²) in [6.07, 6.45) is -0.0945. The molecule has 4 nitrogen and oxygen atoms in total. The minimum Gasteiger partial charge on any atom is -0.462 e. The number of carbonyl (C=O) groups excluding carboxylic acids is 1. The van der Waals surface area contributed by atoms with Crippen molar-refractivity contribution in [2.45, 2.75) is 20.0 Å². The van der Waals surface area contributed by atoms with Crippen molar-refractivity contribution < 1.29 is 9.53 Å². The van der Waals surface area contributed by atoms with Gasteiger partial charge < -0.3 is 15.4 Å². The van der Waals surface area contributed by atoms with E-state index >= 15 is 0 Å². The van der Waals surface area contributed by atoms with Crippen LogP contribution in [0, 0.1) is 0 Å². The molecule has 0 aliphatic rings. The van der Waals surface area contributed by atoms with Crippen molar-refractivity contribution in [3.8, 4) is 0 Å². The van der Waals surface area contributed by atoms with Crippen molar-refractivity contribution in [1.82, 2.24) is 0 Å². The molecule has 0 bridgehead atoms. The first-order valence-electron chi connectivity index (χ1n) is 5.70. The Bertz CT molecular complexity index is 429. The number of anilines is 1. The molecular formula is C13H18N2O2S. The van der Waals surface area contributed by atoms with Gasteiger partial charge in [-0.25, -0.2) is 0 Å². The highest BCUT2D eigenvalue weighted by atomic mass is 32.1. The first-order valence-corrected chi connectivity index (χ1v) is 6.11. The third kappa shape index (κ3) is 4.33. The summed E-state index contributed by atoms with van der Waals surface area (Å²) in [5, 5.41) is 0. The molecule has 0 aliphatic heterocycles. The fourth-order valence-corrected chi connectivity index (χ4v) is 1.60. The number of thiocarbonyl (C=S) groups is 1. The second kappa shape index (κ2) is 6.35. The number of rotatable bonds is 5. The molecule has 0 amide bonds. The molecule has 1 rings (SSSR count). The van der Waals surface area contributed by atoms with Crippen LogP contribution in [-0.2, 0) is 9.53 Å². The van der Waals surface area contributed by atoms with E-state index in [0.29, 0.717) is 4.99 Å². The highest BCUT2D eigenvalue weighted by Crippen LogP contribution is 2.13. The van der Waals surface area contributed by atoms with Crippen LogP contribution in [0.4, 0.5) is 5.69 Å². The van der Waals surface area contributed by atoms with E-state index in [1.807, 2.05) is 50.1 Å². The zero-order chi connectivity index (χ0) is 13.7. The summed E-state index contributed by atoms with van der Waals surface area (Å²) in [4.78, 5) is 13.7. The van der Waals surface area contributed by atoms with Gasteiger partial charge >= 0.3 is 5.97 Å². The summed E-state index contributed by atoms with van der Waals surface area (Å²) in [6, 6.07) is 7.41. The van der Waals surface area contributed by atoms with E-state index in [2.05, 4.69) is 0 Å². The van der Waals surface area contributed by atoms with Crippen LogP contribution in [0.2, 0.25) is 0 Å². The molecule has 0 aromatic heterocycles. The lowest BCUT2D eigenvalue weighted by atomic mass is 10.2. The summed E-state index contributed by atoms with van der Waals surface area (Å²) >= 11 is 4.88. The van der Waals surface area contributed by atoms with Gasteiger partial charge in [-0.1, -0.05) is 12.2 Å². The van der Waals surface area contributed by atoms with Crippen LogP contribution >= 0.6 is 12.2 Å². The van der Waals surface area contributed by atoms with Gasteiger partial charge in [0.25, 0.3) is 0 Å². The lowest BCUT2D eigenvalue weighted by Crippen LogP contribution is -2.28. The lowest BCUT2D eigenvalue weighted by molar-refractivity contribution is -0.145. The Balaban J connectivity index is 2.64. The maximum atomic E-state index is 11.5. The van der Waals surface area contributed by atoms with Gasteiger partial charge in [-0.05, 0) is 38.1 Å².